The number of rotatable bonds is 14. The van der Waals surface area contributed by atoms with Gasteiger partial charge in [0.15, 0.2) is 0 Å². The van der Waals surface area contributed by atoms with Crippen LogP contribution in [0.2, 0.25) is 5.02 Å². The Morgan fingerprint density at radius 2 is 1.73 bits per heavy atom. The molecule has 204 valence electrons. The molecule has 7 nitrogen and oxygen atoms in total. The highest BCUT2D eigenvalue weighted by molar-refractivity contribution is 7.92. The Hall–Kier alpha value is -2.58. The summed E-state index contributed by atoms with van der Waals surface area (Å²) < 4.78 is 26.4. The molecule has 0 aliphatic rings. The molecule has 0 aromatic heterocycles. The first kappa shape index (κ1) is 30.6. The smallest absolute Gasteiger partial charge is 0.242 e. The minimum absolute atomic E-state index is 0.119. The van der Waals surface area contributed by atoms with Gasteiger partial charge in [0.05, 0.1) is 11.9 Å². The highest BCUT2D eigenvalue weighted by Crippen LogP contribution is 2.27. The normalized spacial score (nSPS) is 12.3. The average molecular weight is 550 g/mol. The molecular formula is C28H40ClN3O4S. The highest BCUT2D eigenvalue weighted by Gasteiger charge is 2.28. The van der Waals surface area contributed by atoms with Crippen molar-refractivity contribution in [3.63, 3.8) is 0 Å². The molecular weight excluding hydrogens is 510 g/mol. The van der Waals surface area contributed by atoms with E-state index in [9.17, 15) is 18.0 Å². The number of hydrogen-bond acceptors (Lipinski definition) is 4. The van der Waals surface area contributed by atoms with Crippen molar-refractivity contribution >= 4 is 39.1 Å². The van der Waals surface area contributed by atoms with Gasteiger partial charge in [0, 0.05) is 31.1 Å². The Morgan fingerprint density at radius 3 is 2.32 bits per heavy atom. The molecule has 0 aliphatic heterocycles. The fourth-order valence-corrected chi connectivity index (χ4v) is 5.33. The van der Waals surface area contributed by atoms with Crippen molar-refractivity contribution in [3.05, 3.63) is 64.7 Å². The van der Waals surface area contributed by atoms with E-state index >= 15 is 0 Å². The van der Waals surface area contributed by atoms with E-state index in [1.54, 1.807) is 23.1 Å². The lowest BCUT2D eigenvalue weighted by atomic mass is 10.1. The molecule has 0 bridgehead atoms. The van der Waals surface area contributed by atoms with Gasteiger partial charge in [-0.25, -0.2) is 8.42 Å². The van der Waals surface area contributed by atoms with Crippen LogP contribution in [0.25, 0.3) is 0 Å². The molecule has 0 fully saturated rings. The monoisotopic (exact) mass is 549 g/mol. The van der Waals surface area contributed by atoms with Crippen molar-refractivity contribution in [2.45, 2.75) is 59.4 Å². The summed E-state index contributed by atoms with van der Waals surface area (Å²) in [4.78, 5) is 28.1. The maximum Gasteiger partial charge on any atom is 0.242 e. The van der Waals surface area contributed by atoms with Crippen LogP contribution < -0.4 is 9.62 Å². The van der Waals surface area contributed by atoms with Crippen molar-refractivity contribution in [3.8, 4) is 0 Å². The second kappa shape index (κ2) is 14.4. The molecule has 1 atom stereocenters. The molecule has 0 aliphatic carbocycles. The molecule has 2 aromatic carbocycles. The summed E-state index contributed by atoms with van der Waals surface area (Å²) in [5, 5.41) is 3.40. The summed E-state index contributed by atoms with van der Waals surface area (Å²) in [7, 11) is -3.59. The van der Waals surface area contributed by atoms with E-state index in [1.165, 1.54) is 4.31 Å². The van der Waals surface area contributed by atoms with Gasteiger partial charge < -0.3 is 10.2 Å². The fourth-order valence-electron chi connectivity index (χ4n) is 4.15. The van der Waals surface area contributed by atoms with Crippen LogP contribution in [0.5, 0.6) is 0 Å². The zero-order valence-electron chi connectivity index (χ0n) is 22.5. The minimum atomic E-state index is -3.59. The number of sulfonamides is 1. The van der Waals surface area contributed by atoms with Gasteiger partial charge in [0.1, 0.15) is 6.04 Å². The van der Waals surface area contributed by atoms with E-state index in [-0.39, 0.29) is 24.8 Å². The summed E-state index contributed by atoms with van der Waals surface area (Å²) in [6, 6.07) is 14.4. The zero-order valence-corrected chi connectivity index (χ0v) is 24.1. The van der Waals surface area contributed by atoms with E-state index in [4.69, 9.17) is 11.6 Å². The SMILES string of the molecule is CCC(C(=O)NCC(C)C)N(CCc1ccccc1)C(=O)CCCN(c1cc(Cl)ccc1C)S(C)(=O)=O. The molecule has 2 rings (SSSR count). The van der Waals surface area contributed by atoms with Gasteiger partial charge in [-0.15, -0.1) is 0 Å². The molecule has 1 unspecified atom stereocenters. The van der Waals surface area contributed by atoms with Gasteiger partial charge in [0.2, 0.25) is 21.8 Å². The Kier molecular flexibility index (Phi) is 11.9. The van der Waals surface area contributed by atoms with Crippen molar-refractivity contribution in [2.24, 2.45) is 5.92 Å². The first-order valence-electron chi connectivity index (χ1n) is 12.8. The third-order valence-corrected chi connectivity index (χ3v) is 7.56. The molecule has 0 spiro atoms. The van der Waals surface area contributed by atoms with Crippen molar-refractivity contribution in [1.82, 2.24) is 10.2 Å². The topological polar surface area (TPSA) is 86.8 Å². The molecule has 0 saturated heterocycles. The summed E-state index contributed by atoms with van der Waals surface area (Å²) in [6.45, 7) is 8.84. The van der Waals surface area contributed by atoms with Crippen LogP contribution >= 0.6 is 11.6 Å². The maximum atomic E-state index is 13.5. The van der Waals surface area contributed by atoms with Crippen molar-refractivity contribution < 1.29 is 18.0 Å². The predicted molar refractivity (Wildman–Crippen MR) is 151 cm³/mol. The van der Waals surface area contributed by atoms with Crippen molar-refractivity contribution in [1.29, 1.82) is 0 Å². The van der Waals surface area contributed by atoms with E-state index < -0.39 is 16.1 Å². The highest BCUT2D eigenvalue weighted by atomic mass is 35.5. The largest absolute Gasteiger partial charge is 0.354 e. The molecule has 37 heavy (non-hydrogen) atoms. The van der Waals surface area contributed by atoms with Crippen LogP contribution in [0, 0.1) is 12.8 Å². The van der Waals surface area contributed by atoms with Gasteiger partial charge >= 0.3 is 0 Å². The van der Waals surface area contributed by atoms with E-state index in [0.29, 0.717) is 49.0 Å². The second-order valence-corrected chi connectivity index (χ2v) is 12.1. The Balaban J connectivity index is 2.18. The van der Waals surface area contributed by atoms with Crippen LogP contribution in [0.15, 0.2) is 48.5 Å². The first-order valence-corrected chi connectivity index (χ1v) is 15.0. The number of amides is 2. The van der Waals surface area contributed by atoms with Crippen LogP contribution in [0.3, 0.4) is 0 Å². The van der Waals surface area contributed by atoms with Gasteiger partial charge in [-0.3, -0.25) is 13.9 Å². The van der Waals surface area contributed by atoms with Crippen LogP contribution in [0.1, 0.15) is 51.2 Å². The average Bonchev–Trinajstić information content (AvgIpc) is 2.84. The lowest BCUT2D eigenvalue weighted by molar-refractivity contribution is -0.140. The standard InChI is InChI=1S/C28H40ClN3O4S/c1-6-25(28(34)30-20-21(2)3)31(18-16-23-11-8-7-9-12-23)27(33)13-10-17-32(37(5,35)36)26-19-24(29)15-14-22(26)4/h7-9,11-12,14-15,19,21,25H,6,10,13,16-18,20H2,1-5H3,(H,30,34). The number of carbonyl (C=O) groups is 2. The molecule has 9 heteroatoms. The predicted octanol–water partition coefficient (Wildman–Crippen LogP) is 4.82. The van der Waals surface area contributed by atoms with Gasteiger partial charge in [-0.1, -0.05) is 68.8 Å². The Bertz CT molecular complexity index is 1140. The first-order chi connectivity index (χ1) is 17.4. The van der Waals surface area contributed by atoms with Crippen LogP contribution in [-0.2, 0) is 26.0 Å². The van der Waals surface area contributed by atoms with Crippen LogP contribution in [0.4, 0.5) is 5.69 Å². The quantitative estimate of drug-likeness (QED) is 0.366. The Morgan fingerprint density at radius 1 is 1.05 bits per heavy atom. The summed E-state index contributed by atoms with van der Waals surface area (Å²) in [5.41, 5.74) is 2.36. The van der Waals surface area contributed by atoms with Gasteiger partial charge in [0.25, 0.3) is 0 Å². The summed E-state index contributed by atoms with van der Waals surface area (Å²) in [5.74, 6) is -0.0319. The van der Waals surface area contributed by atoms with Gasteiger partial charge in [-0.05, 0) is 55.4 Å². The molecule has 0 radical (unpaired) electrons. The zero-order chi connectivity index (χ0) is 27.6. The fraction of sp³-hybridized carbons (Fsp3) is 0.500. The third kappa shape index (κ3) is 9.67. The number of nitrogens with one attached hydrogen (secondary N) is 1. The second-order valence-electron chi connectivity index (χ2n) is 9.76. The molecule has 0 heterocycles. The number of nitrogens with zero attached hydrogens (tertiary/aromatic N) is 2. The van der Waals surface area contributed by atoms with Crippen molar-refractivity contribution in [2.75, 3.05) is 30.2 Å². The summed E-state index contributed by atoms with van der Waals surface area (Å²) in [6.07, 6.45) is 2.69. The van der Waals surface area contributed by atoms with E-state index in [0.717, 1.165) is 17.4 Å². The lowest BCUT2D eigenvalue weighted by Gasteiger charge is -2.31. The van der Waals surface area contributed by atoms with E-state index in [2.05, 4.69) is 5.32 Å². The van der Waals surface area contributed by atoms with E-state index in [1.807, 2.05) is 58.0 Å². The summed E-state index contributed by atoms with van der Waals surface area (Å²) >= 11 is 6.13. The lowest BCUT2D eigenvalue weighted by Crippen LogP contribution is -2.50. The van der Waals surface area contributed by atoms with Gasteiger partial charge in [-0.2, -0.15) is 0 Å². The molecule has 2 aromatic rings. The number of hydrogen-bond donors (Lipinski definition) is 1. The molecule has 1 N–H and O–H groups in total. The number of benzene rings is 2. The molecule has 2 amide bonds. The number of aryl methyl sites for hydroxylation is 1. The third-order valence-electron chi connectivity index (χ3n) is 6.15. The number of anilines is 1. The Labute approximate surface area is 227 Å². The number of carbonyl (C=O) groups excluding carboxylic acids is 2. The minimum Gasteiger partial charge on any atom is -0.354 e. The maximum absolute atomic E-state index is 13.5. The molecule has 0 saturated carbocycles. The number of halogens is 1. The van der Waals surface area contributed by atoms with Crippen LogP contribution in [-0.4, -0.2) is 57.1 Å².